The highest BCUT2D eigenvalue weighted by atomic mass is 16.5. The molecule has 164 valence electrons. The summed E-state index contributed by atoms with van der Waals surface area (Å²) in [5, 5.41) is 0. The summed E-state index contributed by atoms with van der Waals surface area (Å²) in [4.78, 5) is 26.2. The lowest BCUT2D eigenvalue weighted by Gasteiger charge is -2.33. The smallest absolute Gasteiger partial charge is 0.225 e. The third-order valence-corrected chi connectivity index (χ3v) is 6.39. The fourth-order valence-corrected chi connectivity index (χ4v) is 4.53. The Labute approximate surface area is 184 Å². The van der Waals surface area contributed by atoms with Crippen molar-refractivity contribution in [2.75, 3.05) is 39.2 Å². The second-order valence-electron chi connectivity index (χ2n) is 8.72. The average Bonchev–Trinajstić information content (AvgIpc) is 3.32. The number of hydrogen-bond acceptors (Lipinski definition) is 5. The normalized spacial score (nSPS) is 18.9. The molecule has 1 aromatic heterocycles. The van der Waals surface area contributed by atoms with E-state index in [0.29, 0.717) is 24.2 Å². The molecule has 31 heavy (non-hydrogen) atoms. The lowest BCUT2D eigenvalue weighted by molar-refractivity contribution is -0.132. The molecule has 4 rings (SSSR count). The molecule has 0 saturated carbocycles. The van der Waals surface area contributed by atoms with Crippen molar-refractivity contribution in [3.05, 3.63) is 48.3 Å². The molecule has 1 aliphatic heterocycles. The summed E-state index contributed by atoms with van der Waals surface area (Å²) in [6, 6.07) is 8.06. The van der Waals surface area contributed by atoms with Gasteiger partial charge in [-0.3, -0.25) is 4.79 Å². The Bertz CT molecular complexity index is 931. The fourth-order valence-electron chi connectivity index (χ4n) is 4.53. The van der Waals surface area contributed by atoms with Crippen LogP contribution in [0.5, 0.6) is 5.75 Å². The number of methoxy groups -OCH3 is 1. The maximum absolute atomic E-state index is 12.7. The standard InChI is InChI=1S/C25H32N4O2/c1-28(2)25-26-17-22(19-8-10-21(31-3)11-9-19)24(27-25)20-12-14-29(15-13-20)23(30)16-18-6-4-5-7-18/h4,6,8-11,17-18,20H,5,7,12-16H2,1-3H3/t18-/m1/s1. The van der Waals surface area contributed by atoms with Gasteiger partial charge in [-0.25, -0.2) is 9.97 Å². The summed E-state index contributed by atoms with van der Waals surface area (Å²) in [6.45, 7) is 1.59. The molecule has 1 amide bonds. The molecule has 0 N–H and O–H groups in total. The Morgan fingerprint density at radius 2 is 1.90 bits per heavy atom. The second kappa shape index (κ2) is 9.50. The summed E-state index contributed by atoms with van der Waals surface area (Å²) in [6.07, 6.45) is 11.1. The lowest BCUT2D eigenvalue weighted by atomic mass is 9.88. The maximum Gasteiger partial charge on any atom is 0.225 e. The van der Waals surface area contributed by atoms with E-state index in [1.54, 1.807) is 7.11 Å². The van der Waals surface area contributed by atoms with Crippen LogP contribution in [-0.4, -0.2) is 55.1 Å². The van der Waals surface area contributed by atoms with Crippen molar-refractivity contribution >= 4 is 11.9 Å². The van der Waals surface area contributed by atoms with Crippen LogP contribution in [0.4, 0.5) is 5.95 Å². The minimum atomic E-state index is 0.294. The SMILES string of the molecule is COc1ccc(-c2cnc(N(C)C)nc2C2CCN(C(=O)C[C@@H]3C=CCC3)CC2)cc1. The number of piperidine rings is 1. The van der Waals surface area contributed by atoms with Gasteiger partial charge in [-0.15, -0.1) is 0 Å². The number of ether oxygens (including phenoxy) is 1. The fraction of sp³-hybridized carbons (Fsp3) is 0.480. The number of carbonyl (C=O) groups excluding carboxylic acids is 1. The molecular weight excluding hydrogens is 388 g/mol. The molecule has 1 atom stereocenters. The van der Waals surface area contributed by atoms with Gasteiger partial charge in [0.2, 0.25) is 11.9 Å². The number of anilines is 1. The highest BCUT2D eigenvalue weighted by molar-refractivity contribution is 5.77. The van der Waals surface area contributed by atoms with Crippen molar-refractivity contribution in [1.82, 2.24) is 14.9 Å². The van der Waals surface area contributed by atoms with Crippen LogP contribution in [-0.2, 0) is 4.79 Å². The van der Waals surface area contributed by atoms with Gasteiger partial charge in [-0.2, -0.15) is 0 Å². The van der Waals surface area contributed by atoms with E-state index >= 15 is 0 Å². The Balaban J connectivity index is 1.51. The molecule has 0 unspecified atom stereocenters. The summed E-state index contributed by atoms with van der Waals surface area (Å²) >= 11 is 0. The molecule has 1 fully saturated rings. The van der Waals surface area contributed by atoms with Crippen LogP contribution in [0.3, 0.4) is 0 Å². The van der Waals surface area contributed by atoms with E-state index in [4.69, 9.17) is 9.72 Å². The van der Waals surface area contributed by atoms with Crippen LogP contribution in [0.25, 0.3) is 11.1 Å². The highest BCUT2D eigenvalue weighted by Gasteiger charge is 2.28. The molecule has 1 aromatic carbocycles. The van der Waals surface area contributed by atoms with Crippen LogP contribution in [0.15, 0.2) is 42.6 Å². The molecule has 0 bridgehead atoms. The molecule has 2 aliphatic rings. The number of hydrogen-bond donors (Lipinski definition) is 0. The first-order valence-electron chi connectivity index (χ1n) is 11.2. The van der Waals surface area contributed by atoms with E-state index in [-0.39, 0.29) is 0 Å². The molecule has 1 saturated heterocycles. The number of benzene rings is 1. The molecule has 6 nitrogen and oxygen atoms in total. The number of allylic oxidation sites excluding steroid dienone is 2. The van der Waals surface area contributed by atoms with Crippen LogP contribution in [0.2, 0.25) is 0 Å². The topological polar surface area (TPSA) is 58.6 Å². The number of carbonyl (C=O) groups is 1. The van der Waals surface area contributed by atoms with E-state index in [2.05, 4.69) is 29.3 Å². The van der Waals surface area contributed by atoms with Crippen LogP contribution < -0.4 is 9.64 Å². The Morgan fingerprint density at radius 3 is 2.52 bits per heavy atom. The highest BCUT2D eigenvalue weighted by Crippen LogP contribution is 2.35. The predicted molar refractivity (Wildman–Crippen MR) is 123 cm³/mol. The molecule has 1 aliphatic carbocycles. The van der Waals surface area contributed by atoms with Gasteiger partial charge in [0.1, 0.15) is 5.75 Å². The van der Waals surface area contributed by atoms with E-state index in [0.717, 1.165) is 67.3 Å². The zero-order valence-electron chi connectivity index (χ0n) is 18.8. The van der Waals surface area contributed by atoms with E-state index < -0.39 is 0 Å². The number of nitrogens with zero attached hydrogens (tertiary/aromatic N) is 4. The lowest BCUT2D eigenvalue weighted by Crippen LogP contribution is -2.38. The van der Waals surface area contributed by atoms with Crippen molar-refractivity contribution in [3.63, 3.8) is 0 Å². The van der Waals surface area contributed by atoms with Crippen molar-refractivity contribution in [2.45, 2.75) is 38.0 Å². The van der Waals surface area contributed by atoms with Gasteiger partial charge in [-0.1, -0.05) is 24.3 Å². The quantitative estimate of drug-likeness (QED) is 0.653. The van der Waals surface area contributed by atoms with Crippen molar-refractivity contribution in [2.24, 2.45) is 5.92 Å². The number of amides is 1. The zero-order valence-corrected chi connectivity index (χ0v) is 18.8. The molecule has 6 heteroatoms. The maximum atomic E-state index is 12.7. The second-order valence-corrected chi connectivity index (χ2v) is 8.72. The Morgan fingerprint density at radius 1 is 1.16 bits per heavy atom. The average molecular weight is 421 g/mol. The van der Waals surface area contributed by atoms with Crippen LogP contribution in [0, 0.1) is 5.92 Å². The summed E-state index contributed by atoms with van der Waals surface area (Å²) in [5.41, 5.74) is 3.23. The first-order valence-corrected chi connectivity index (χ1v) is 11.2. The monoisotopic (exact) mass is 420 g/mol. The van der Waals surface area contributed by atoms with Crippen LogP contribution in [0.1, 0.15) is 43.7 Å². The van der Waals surface area contributed by atoms with E-state index in [1.807, 2.05) is 42.2 Å². The zero-order chi connectivity index (χ0) is 21.8. The summed E-state index contributed by atoms with van der Waals surface area (Å²) in [7, 11) is 5.60. The molecule has 0 radical (unpaired) electrons. The van der Waals surface area contributed by atoms with Gasteiger partial charge in [0.25, 0.3) is 0 Å². The summed E-state index contributed by atoms with van der Waals surface area (Å²) < 4.78 is 5.30. The molecule has 2 aromatic rings. The van der Waals surface area contributed by atoms with E-state index in [9.17, 15) is 4.79 Å². The summed E-state index contributed by atoms with van der Waals surface area (Å²) in [5.74, 6) is 2.59. The predicted octanol–water partition coefficient (Wildman–Crippen LogP) is 4.28. The minimum absolute atomic E-state index is 0.294. The number of rotatable bonds is 6. The number of aromatic nitrogens is 2. The molecule has 2 heterocycles. The molecule has 0 spiro atoms. The largest absolute Gasteiger partial charge is 0.497 e. The van der Waals surface area contributed by atoms with Gasteiger partial charge in [0, 0.05) is 51.3 Å². The van der Waals surface area contributed by atoms with E-state index in [1.165, 1.54) is 0 Å². The van der Waals surface area contributed by atoms with Gasteiger partial charge in [0.15, 0.2) is 0 Å². The van der Waals surface area contributed by atoms with Crippen molar-refractivity contribution in [1.29, 1.82) is 0 Å². The Hall–Kier alpha value is -2.89. The van der Waals surface area contributed by atoms with Gasteiger partial charge >= 0.3 is 0 Å². The van der Waals surface area contributed by atoms with Crippen molar-refractivity contribution < 1.29 is 9.53 Å². The third-order valence-electron chi connectivity index (χ3n) is 6.39. The van der Waals surface area contributed by atoms with Crippen LogP contribution >= 0.6 is 0 Å². The third kappa shape index (κ3) is 4.89. The number of likely N-dealkylation sites (tertiary alicyclic amines) is 1. The first-order chi connectivity index (χ1) is 15.0. The van der Waals surface area contributed by atoms with Gasteiger partial charge < -0.3 is 14.5 Å². The van der Waals surface area contributed by atoms with Crippen molar-refractivity contribution in [3.8, 4) is 16.9 Å². The molecular formula is C25H32N4O2. The van der Waals surface area contributed by atoms with Gasteiger partial charge in [0.05, 0.1) is 12.8 Å². The van der Waals surface area contributed by atoms with Gasteiger partial charge in [-0.05, 0) is 49.3 Å². The Kier molecular flexibility index (Phi) is 6.54. The first kappa shape index (κ1) is 21.3. The minimum Gasteiger partial charge on any atom is -0.497 e.